The lowest BCUT2D eigenvalue weighted by Gasteiger charge is -2.32. The van der Waals surface area contributed by atoms with E-state index in [0.717, 1.165) is 42.1 Å². The molecule has 0 radical (unpaired) electrons. The Labute approximate surface area is 204 Å². The number of anilines is 1. The van der Waals surface area contributed by atoms with E-state index >= 15 is 0 Å². The maximum Gasteiger partial charge on any atom is 0.280 e. The van der Waals surface area contributed by atoms with Crippen LogP contribution in [0, 0.1) is 5.82 Å². The Morgan fingerprint density at radius 2 is 1.79 bits per heavy atom. The van der Waals surface area contributed by atoms with E-state index in [-0.39, 0.29) is 32.5 Å². The highest BCUT2D eigenvalue weighted by molar-refractivity contribution is 7.11. The van der Waals surface area contributed by atoms with E-state index in [4.69, 9.17) is 23.2 Å². The fraction of sp³-hybridized carbons (Fsp3) is 0.261. The fourth-order valence-corrected chi connectivity index (χ4v) is 4.93. The van der Waals surface area contributed by atoms with Gasteiger partial charge in [-0.3, -0.25) is 14.5 Å². The first-order chi connectivity index (χ1) is 15.9. The Bertz CT molecular complexity index is 1170. The lowest BCUT2D eigenvalue weighted by Crippen LogP contribution is -2.46. The molecule has 3 aromatic rings. The zero-order valence-electron chi connectivity index (χ0n) is 17.3. The van der Waals surface area contributed by atoms with Gasteiger partial charge >= 0.3 is 0 Å². The summed E-state index contributed by atoms with van der Waals surface area (Å²) in [5.74, 6) is -1.94. The van der Waals surface area contributed by atoms with Crippen molar-refractivity contribution in [2.75, 3.05) is 4.90 Å². The molecule has 1 unspecified atom stereocenters. The number of rotatable bonds is 6. The van der Waals surface area contributed by atoms with E-state index in [0.29, 0.717) is 5.56 Å². The van der Waals surface area contributed by atoms with Crippen LogP contribution >= 0.6 is 34.7 Å². The van der Waals surface area contributed by atoms with Gasteiger partial charge in [-0.05, 0) is 54.2 Å². The number of carbonyl (C=O) groups is 2. The highest BCUT2D eigenvalue weighted by Crippen LogP contribution is 2.36. The maximum atomic E-state index is 15.0. The van der Waals surface area contributed by atoms with Crippen molar-refractivity contribution < 1.29 is 19.1 Å². The molecule has 2 aromatic carbocycles. The van der Waals surface area contributed by atoms with Gasteiger partial charge in [-0.25, -0.2) is 4.39 Å². The zero-order chi connectivity index (χ0) is 23.5. The van der Waals surface area contributed by atoms with Gasteiger partial charge in [0.1, 0.15) is 27.0 Å². The van der Waals surface area contributed by atoms with Gasteiger partial charge in [0.05, 0.1) is 5.69 Å². The van der Waals surface area contributed by atoms with Crippen LogP contribution in [0.2, 0.25) is 9.36 Å². The molecule has 4 rings (SSSR count). The highest BCUT2D eigenvalue weighted by atomic mass is 35.5. The SMILES string of the molecule is O=C(NC1CCCC1)C(c1ccc(O)cc1)N(C(=O)c1nsc(Cl)c1Cl)c1ccccc1F. The summed E-state index contributed by atoms with van der Waals surface area (Å²) in [6.45, 7) is 0. The van der Waals surface area contributed by atoms with Crippen LogP contribution in [0.3, 0.4) is 0 Å². The molecule has 2 amide bonds. The number of nitrogens with zero attached hydrogens (tertiary/aromatic N) is 2. The average Bonchev–Trinajstić information content (AvgIpc) is 3.43. The highest BCUT2D eigenvalue weighted by Gasteiger charge is 2.38. The first kappa shape index (κ1) is 23.5. The molecule has 33 heavy (non-hydrogen) atoms. The zero-order valence-corrected chi connectivity index (χ0v) is 19.6. The van der Waals surface area contributed by atoms with Crippen molar-refractivity contribution in [1.29, 1.82) is 0 Å². The van der Waals surface area contributed by atoms with Crippen molar-refractivity contribution in [3.8, 4) is 5.75 Å². The average molecular weight is 508 g/mol. The number of carbonyl (C=O) groups excluding carboxylic acids is 2. The van der Waals surface area contributed by atoms with Crippen LogP contribution in [0.5, 0.6) is 5.75 Å². The van der Waals surface area contributed by atoms with E-state index in [1.807, 2.05) is 0 Å². The fourth-order valence-electron chi connectivity index (χ4n) is 3.94. The normalized spacial score (nSPS) is 14.8. The topological polar surface area (TPSA) is 82.5 Å². The number of aromatic nitrogens is 1. The number of nitrogens with one attached hydrogen (secondary N) is 1. The molecular formula is C23H20Cl2FN3O3S. The predicted molar refractivity (Wildman–Crippen MR) is 127 cm³/mol. The molecule has 6 nitrogen and oxygen atoms in total. The van der Waals surface area contributed by atoms with Crippen LogP contribution in [0.4, 0.5) is 10.1 Å². The van der Waals surface area contributed by atoms with E-state index in [1.54, 1.807) is 6.07 Å². The Morgan fingerprint density at radius 1 is 1.12 bits per heavy atom. The summed E-state index contributed by atoms with van der Waals surface area (Å²) >= 11 is 13.1. The van der Waals surface area contributed by atoms with Crippen molar-refractivity contribution >= 4 is 52.2 Å². The Kier molecular flexibility index (Phi) is 7.17. The largest absolute Gasteiger partial charge is 0.508 e. The van der Waals surface area contributed by atoms with Crippen LogP contribution in [0.15, 0.2) is 48.5 Å². The molecule has 1 heterocycles. The number of phenolic OH excluding ortho intramolecular Hbond substituents is 1. The predicted octanol–water partition coefficient (Wildman–Crippen LogP) is 5.74. The molecule has 1 fully saturated rings. The van der Waals surface area contributed by atoms with Crippen LogP contribution in [0.25, 0.3) is 0 Å². The van der Waals surface area contributed by atoms with Gasteiger partial charge < -0.3 is 10.4 Å². The molecule has 0 spiro atoms. The summed E-state index contributed by atoms with van der Waals surface area (Å²) in [5, 5.41) is 12.7. The molecule has 1 aliphatic rings. The number of hydrogen-bond acceptors (Lipinski definition) is 5. The van der Waals surface area contributed by atoms with Gasteiger partial charge in [0.25, 0.3) is 5.91 Å². The van der Waals surface area contributed by atoms with Crippen LogP contribution < -0.4 is 10.2 Å². The minimum atomic E-state index is -1.24. The minimum absolute atomic E-state index is 0.00760. The number of benzene rings is 2. The summed E-state index contributed by atoms with van der Waals surface area (Å²) in [4.78, 5) is 28.3. The number of halogens is 3. The monoisotopic (exact) mass is 507 g/mol. The molecular weight excluding hydrogens is 488 g/mol. The van der Waals surface area contributed by atoms with Gasteiger partial charge in [-0.2, -0.15) is 4.37 Å². The molecule has 1 atom stereocenters. The summed E-state index contributed by atoms with van der Waals surface area (Å²) in [7, 11) is 0. The van der Waals surface area contributed by atoms with Gasteiger partial charge in [-0.1, -0.05) is 60.3 Å². The third-order valence-corrected chi connectivity index (χ3v) is 7.16. The van der Waals surface area contributed by atoms with E-state index in [2.05, 4.69) is 9.69 Å². The molecule has 1 saturated carbocycles. The summed E-state index contributed by atoms with van der Waals surface area (Å²) < 4.78 is 19.1. The number of aromatic hydroxyl groups is 1. The van der Waals surface area contributed by atoms with Crippen molar-refractivity contribution in [2.24, 2.45) is 0 Å². The van der Waals surface area contributed by atoms with Crippen molar-refractivity contribution in [2.45, 2.75) is 37.8 Å². The second-order valence-electron chi connectivity index (χ2n) is 7.73. The lowest BCUT2D eigenvalue weighted by atomic mass is 10.0. The molecule has 1 aromatic heterocycles. The molecule has 0 aliphatic heterocycles. The Hall–Kier alpha value is -2.68. The summed E-state index contributed by atoms with van der Waals surface area (Å²) in [5.41, 5.74) is 0.104. The maximum absolute atomic E-state index is 15.0. The summed E-state index contributed by atoms with van der Waals surface area (Å²) in [6, 6.07) is 10.2. The van der Waals surface area contributed by atoms with Gasteiger partial charge in [-0.15, -0.1) is 0 Å². The Morgan fingerprint density at radius 3 is 2.39 bits per heavy atom. The molecule has 2 N–H and O–H groups in total. The van der Waals surface area contributed by atoms with Crippen LogP contribution in [-0.2, 0) is 4.79 Å². The molecule has 0 bridgehead atoms. The Balaban J connectivity index is 1.85. The third-order valence-electron chi connectivity index (χ3n) is 5.55. The van der Waals surface area contributed by atoms with Crippen molar-refractivity contribution in [1.82, 2.24) is 9.69 Å². The number of amides is 2. The van der Waals surface area contributed by atoms with Gasteiger partial charge in [0.15, 0.2) is 5.69 Å². The molecule has 1 aliphatic carbocycles. The lowest BCUT2D eigenvalue weighted by molar-refractivity contribution is -0.123. The standard InChI is InChI=1S/C23H20Cl2FN3O3S/c24-18-19(28-33-21(18)25)23(32)29(17-8-4-3-7-16(17)26)20(13-9-11-15(30)12-10-13)22(31)27-14-5-1-2-6-14/h3-4,7-12,14,20,30H,1-2,5-6H2,(H,27,31). The minimum Gasteiger partial charge on any atom is -0.508 e. The van der Waals surface area contributed by atoms with E-state index < -0.39 is 23.7 Å². The number of para-hydroxylation sites is 1. The van der Waals surface area contributed by atoms with Crippen molar-refractivity contribution in [3.63, 3.8) is 0 Å². The van der Waals surface area contributed by atoms with Gasteiger partial charge in [0.2, 0.25) is 5.91 Å². The third kappa shape index (κ3) is 4.98. The first-order valence-corrected chi connectivity index (χ1v) is 11.9. The molecule has 172 valence electrons. The van der Waals surface area contributed by atoms with Crippen LogP contribution in [0.1, 0.15) is 47.8 Å². The van der Waals surface area contributed by atoms with Crippen molar-refractivity contribution in [3.05, 3.63) is 75.0 Å². The van der Waals surface area contributed by atoms with E-state index in [1.165, 1.54) is 42.5 Å². The quantitative estimate of drug-likeness (QED) is 0.445. The second-order valence-corrected chi connectivity index (χ2v) is 9.48. The smallest absolute Gasteiger partial charge is 0.280 e. The summed E-state index contributed by atoms with van der Waals surface area (Å²) in [6.07, 6.45) is 3.65. The van der Waals surface area contributed by atoms with Gasteiger partial charge in [0, 0.05) is 6.04 Å². The molecule has 0 saturated heterocycles. The number of phenols is 1. The first-order valence-electron chi connectivity index (χ1n) is 10.3. The second kappa shape index (κ2) is 10.1. The van der Waals surface area contributed by atoms with Crippen LogP contribution in [-0.4, -0.2) is 27.3 Å². The number of hydrogen-bond donors (Lipinski definition) is 2. The van der Waals surface area contributed by atoms with E-state index in [9.17, 15) is 19.1 Å². The molecule has 10 heteroatoms.